The van der Waals surface area contributed by atoms with E-state index in [-0.39, 0.29) is 18.5 Å². The van der Waals surface area contributed by atoms with Gasteiger partial charge in [-0.25, -0.2) is 9.18 Å². The number of benzene rings is 1. The number of nitrogens with zero attached hydrogens (tertiary/aromatic N) is 1. The van der Waals surface area contributed by atoms with Crippen LogP contribution in [0.3, 0.4) is 0 Å². The lowest BCUT2D eigenvalue weighted by Crippen LogP contribution is -2.36. The lowest BCUT2D eigenvalue weighted by Gasteiger charge is -2.22. The molecule has 0 heterocycles. The highest BCUT2D eigenvalue weighted by molar-refractivity contribution is 5.89. The third kappa shape index (κ3) is 5.57. The highest BCUT2D eigenvalue weighted by Gasteiger charge is 2.13. The minimum atomic E-state index is -0.365. The van der Waals surface area contributed by atoms with E-state index >= 15 is 0 Å². The largest absolute Gasteiger partial charge is 0.396 e. The monoisotopic (exact) mass is 282 g/mol. The zero-order chi connectivity index (χ0) is 15.0. The van der Waals surface area contributed by atoms with Crippen LogP contribution in [0.4, 0.5) is 14.9 Å². The summed E-state index contributed by atoms with van der Waals surface area (Å²) in [4.78, 5) is 13.8. The van der Waals surface area contributed by atoms with Gasteiger partial charge in [-0.1, -0.05) is 13.3 Å². The average molecular weight is 282 g/mol. The number of unbranched alkanes of at least 4 members (excludes halogenated alkanes) is 1. The van der Waals surface area contributed by atoms with Gasteiger partial charge < -0.3 is 15.3 Å². The van der Waals surface area contributed by atoms with Gasteiger partial charge in [-0.3, -0.25) is 0 Å². The van der Waals surface area contributed by atoms with Gasteiger partial charge in [0.15, 0.2) is 0 Å². The number of aliphatic hydroxyl groups excluding tert-OH is 1. The zero-order valence-electron chi connectivity index (χ0n) is 12.2. The van der Waals surface area contributed by atoms with E-state index in [1.807, 2.05) is 0 Å². The molecule has 2 amide bonds. The number of hydrogen-bond donors (Lipinski definition) is 2. The fraction of sp³-hybridized carbons (Fsp3) is 0.533. The van der Waals surface area contributed by atoms with Crippen LogP contribution in [0.2, 0.25) is 0 Å². The first kappa shape index (κ1) is 16.4. The van der Waals surface area contributed by atoms with Crippen LogP contribution in [-0.4, -0.2) is 35.7 Å². The SMILES string of the molecule is CCCCN(CCCO)C(=O)Nc1cc(C)cc(F)c1. The van der Waals surface area contributed by atoms with Crippen molar-refractivity contribution in [2.24, 2.45) is 0 Å². The van der Waals surface area contributed by atoms with Crippen LogP contribution >= 0.6 is 0 Å². The molecule has 0 atom stereocenters. The highest BCUT2D eigenvalue weighted by atomic mass is 19.1. The van der Waals surface area contributed by atoms with Crippen molar-refractivity contribution in [1.82, 2.24) is 4.90 Å². The number of aryl methyl sites for hydroxylation is 1. The average Bonchev–Trinajstić information content (AvgIpc) is 2.37. The standard InChI is InChI=1S/C15H23FN2O2/c1-3-4-6-18(7-5-8-19)15(20)17-14-10-12(2)9-13(16)11-14/h9-11,19H,3-8H2,1-2H3,(H,17,20). The number of rotatable bonds is 7. The molecule has 2 N–H and O–H groups in total. The maximum absolute atomic E-state index is 13.3. The fourth-order valence-corrected chi connectivity index (χ4v) is 1.94. The molecule has 0 saturated heterocycles. The second-order valence-electron chi connectivity index (χ2n) is 4.87. The molecular weight excluding hydrogens is 259 g/mol. The molecule has 1 rings (SSSR count). The Morgan fingerprint density at radius 2 is 2.00 bits per heavy atom. The number of amides is 2. The normalized spacial score (nSPS) is 10.4. The van der Waals surface area contributed by atoms with Gasteiger partial charge in [0.05, 0.1) is 0 Å². The van der Waals surface area contributed by atoms with Crippen molar-refractivity contribution >= 4 is 11.7 Å². The van der Waals surface area contributed by atoms with E-state index in [4.69, 9.17) is 5.11 Å². The van der Waals surface area contributed by atoms with Crippen molar-refractivity contribution in [1.29, 1.82) is 0 Å². The summed E-state index contributed by atoms with van der Waals surface area (Å²) in [5.74, 6) is -0.365. The molecule has 0 bridgehead atoms. The molecule has 0 unspecified atom stereocenters. The molecule has 0 aliphatic rings. The van der Waals surface area contributed by atoms with Gasteiger partial charge in [-0.15, -0.1) is 0 Å². The maximum Gasteiger partial charge on any atom is 0.321 e. The first-order chi connectivity index (χ1) is 9.56. The summed E-state index contributed by atoms with van der Waals surface area (Å²) in [5, 5.41) is 11.6. The molecule has 1 aromatic carbocycles. The lowest BCUT2D eigenvalue weighted by molar-refractivity contribution is 0.201. The molecule has 0 fully saturated rings. The van der Waals surface area contributed by atoms with Gasteiger partial charge in [0.2, 0.25) is 0 Å². The Balaban J connectivity index is 2.68. The number of anilines is 1. The summed E-state index contributed by atoms with van der Waals surface area (Å²) < 4.78 is 13.3. The highest BCUT2D eigenvalue weighted by Crippen LogP contribution is 2.14. The van der Waals surface area contributed by atoms with Crippen molar-refractivity contribution in [2.75, 3.05) is 25.0 Å². The minimum absolute atomic E-state index is 0.0506. The summed E-state index contributed by atoms with van der Waals surface area (Å²) in [6.45, 7) is 5.01. The summed E-state index contributed by atoms with van der Waals surface area (Å²) in [6, 6.07) is 4.19. The van der Waals surface area contributed by atoms with Crippen LogP contribution in [0.1, 0.15) is 31.7 Å². The third-order valence-electron chi connectivity index (χ3n) is 2.95. The smallest absolute Gasteiger partial charge is 0.321 e. The van der Waals surface area contributed by atoms with Gasteiger partial charge in [-0.2, -0.15) is 0 Å². The molecule has 0 saturated carbocycles. The fourth-order valence-electron chi connectivity index (χ4n) is 1.94. The van der Waals surface area contributed by atoms with E-state index in [9.17, 15) is 9.18 Å². The summed E-state index contributed by atoms with van der Waals surface area (Å²) in [6.07, 6.45) is 2.43. The summed E-state index contributed by atoms with van der Waals surface area (Å²) >= 11 is 0. The Morgan fingerprint density at radius 1 is 1.30 bits per heavy atom. The second-order valence-corrected chi connectivity index (χ2v) is 4.87. The second kappa shape index (κ2) is 8.53. The first-order valence-corrected chi connectivity index (χ1v) is 7.00. The minimum Gasteiger partial charge on any atom is -0.396 e. The van der Waals surface area contributed by atoms with Crippen LogP contribution in [0, 0.1) is 12.7 Å². The van der Waals surface area contributed by atoms with E-state index in [2.05, 4.69) is 12.2 Å². The van der Waals surface area contributed by atoms with Crippen molar-refractivity contribution in [3.8, 4) is 0 Å². The van der Waals surface area contributed by atoms with Crippen LogP contribution in [-0.2, 0) is 0 Å². The van der Waals surface area contributed by atoms with Crippen molar-refractivity contribution < 1.29 is 14.3 Å². The topological polar surface area (TPSA) is 52.6 Å². The first-order valence-electron chi connectivity index (χ1n) is 7.00. The van der Waals surface area contributed by atoms with Gasteiger partial charge in [0.25, 0.3) is 0 Å². The van der Waals surface area contributed by atoms with Gasteiger partial charge in [0.1, 0.15) is 5.82 Å². The molecule has 4 nitrogen and oxygen atoms in total. The number of halogens is 1. The van der Waals surface area contributed by atoms with Gasteiger partial charge in [0, 0.05) is 25.4 Å². The summed E-state index contributed by atoms with van der Waals surface area (Å²) in [5.41, 5.74) is 1.22. The predicted molar refractivity (Wildman–Crippen MR) is 78.3 cm³/mol. The molecule has 0 aliphatic carbocycles. The van der Waals surface area contributed by atoms with Crippen LogP contribution < -0.4 is 5.32 Å². The van der Waals surface area contributed by atoms with E-state index in [1.54, 1.807) is 17.9 Å². The Bertz CT molecular complexity index is 410. The molecule has 1 aromatic rings. The molecule has 0 aromatic heterocycles. The molecular formula is C15H23FN2O2. The number of urea groups is 1. The predicted octanol–water partition coefficient (Wildman–Crippen LogP) is 3.15. The van der Waals surface area contributed by atoms with E-state index in [1.165, 1.54) is 12.1 Å². The number of aliphatic hydroxyl groups is 1. The van der Waals surface area contributed by atoms with E-state index < -0.39 is 0 Å². The van der Waals surface area contributed by atoms with Crippen molar-refractivity contribution in [3.63, 3.8) is 0 Å². The Morgan fingerprint density at radius 3 is 2.60 bits per heavy atom. The van der Waals surface area contributed by atoms with Crippen LogP contribution in [0.15, 0.2) is 18.2 Å². The third-order valence-corrected chi connectivity index (χ3v) is 2.95. The van der Waals surface area contributed by atoms with Crippen LogP contribution in [0.25, 0.3) is 0 Å². The Hall–Kier alpha value is -1.62. The number of nitrogens with one attached hydrogen (secondary N) is 1. The molecule has 0 aliphatic heterocycles. The number of carbonyl (C=O) groups excluding carboxylic acids is 1. The Labute approximate surface area is 119 Å². The molecule has 112 valence electrons. The number of hydrogen-bond acceptors (Lipinski definition) is 2. The van der Waals surface area contributed by atoms with E-state index in [0.29, 0.717) is 25.2 Å². The lowest BCUT2D eigenvalue weighted by atomic mass is 10.2. The number of carbonyl (C=O) groups is 1. The van der Waals surface area contributed by atoms with Crippen LogP contribution in [0.5, 0.6) is 0 Å². The van der Waals surface area contributed by atoms with Gasteiger partial charge >= 0.3 is 6.03 Å². The van der Waals surface area contributed by atoms with Gasteiger partial charge in [-0.05, 0) is 43.5 Å². The Kier molecular flexibility index (Phi) is 7.01. The van der Waals surface area contributed by atoms with E-state index in [0.717, 1.165) is 18.4 Å². The van der Waals surface area contributed by atoms with Crippen molar-refractivity contribution in [3.05, 3.63) is 29.6 Å². The molecule has 0 radical (unpaired) electrons. The quantitative estimate of drug-likeness (QED) is 0.807. The van der Waals surface area contributed by atoms with Crippen molar-refractivity contribution in [2.45, 2.75) is 33.1 Å². The zero-order valence-corrected chi connectivity index (χ0v) is 12.2. The molecule has 0 spiro atoms. The molecule has 20 heavy (non-hydrogen) atoms. The molecule has 5 heteroatoms. The summed E-state index contributed by atoms with van der Waals surface area (Å²) in [7, 11) is 0. The maximum atomic E-state index is 13.3.